The summed E-state index contributed by atoms with van der Waals surface area (Å²) in [6, 6.07) is 9.40. The second-order valence-corrected chi connectivity index (χ2v) is 6.80. The number of carbonyl (C=O) groups is 1. The number of nitrogens with one attached hydrogen (secondary N) is 1. The lowest BCUT2D eigenvalue weighted by Crippen LogP contribution is -2.12. The number of benzene rings is 2. The smallest absolute Gasteiger partial charge is 0.267 e. The van der Waals surface area contributed by atoms with Crippen molar-refractivity contribution in [1.29, 1.82) is 0 Å². The highest BCUT2D eigenvalue weighted by molar-refractivity contribution is 7.17. The second-order valence-electron chi connectivity index (χ2n) is 5.80. The Morgan fingerprint density at radius 1 is 1.08 bits per heavy atom. The SMILES string of the molecule is Cc1ccc(C)c(NC(=O)c2sc(-c3c(F)cccc3F)nc2C)c1. The Morgan fingerprint density at radius 2 is 1.76 bits per heavy atom. The zero-order chi connectivity index (χ0) is 18.1. The molecular weight excluding hydrogens is 342 g/mol. The average molecular weight is 358 g/mol. The maximum absolute atomic E-state index is 13.9. The first-order chi connectivity index (χ1) is 11.9. The van der Waals surface area contributed by atoms with Crippen LogP contribution in [0.15, 0.2) is 36.4 Å². The number of hydrogen-bond donors (Lipinski definition) is 1. The number of aromatic nitrogens is 1. The molecule has 3 rings (SSSR count). The molecule has 0 aliphatic carbocycles. The molecule has 0 aliphatic heterocycles. The molecule has 128 valence electrons. The third-order valence-electron chi connectivity index (χ3n) is 3.82. The van der Waals surface area contributed by atoms with Gasteiger partial charge in [0.25, 0.3) is 5.91 Å². The Balaban J connectivity index is 1.95. The van der Waals surface area contributed by atoms with Crippen molar-refractivity contribution in [2.45, 2.75) is 20.8 Å². The van der Waals surface area contributed by atoms with E-state index in [1.54, 1.807) is 6.92 Å². The van der Waals surface area contributed by atoms with Crippen molar-refractivity contribution in [2.24, 2.45) is 0 Å². The van der Waals surface area contributed by atoms with E-state index in [-0.39, 0.29) is 16.5 Å². The molecule has 0 saturated carbocycles. The van der Waals surface area contributed by atoms with Crippen LogP contribution < -0.4 is 5.32 Å². The van der Waals surface area contributed by atoms with Gasteiger partial charge >= 0.3 is 0 Å². The number of amides is 1. The molecule has 2 aromatic carbocycles. The summed E-state index contributed by atoms with van der Waals surface area (Å²) in [5.74, 6) is -1.74. The number of rotatable bonds is 3. The van der Waals surface area contributed by atoms with Crippen LogP contribution in [-0.4, -0.2) is 10.9 Å². The highest BCUT2D eigenvalue weighted by Crippen LogP contribution is 2.32. The molecule has 3 aromatic rings. The van der Waals surface area contributed by atoms with Gasteiger partial charge in [-0.3, -0.25) is 4.79 Å². The first-order valence-electron chi connectivity index (χ1n) is 7.67. The van der Waals surface area contributed by atoms with E-state index in [9.17, 15) is 13.6 Å². The minimum Gasteiger partial charge on any atom is -0.321 e. The van der Waals surface area contributed by atoms with Crippen LogP contribution in [0.5, 0.6) is 0 Å². The molecule has 1 aromatic heterocycles. The fourth-order valence-corrected chi connectivity index (χ4v) is 3.48. The van der Waals surface area contributed by atoms with Crippen molar-refractivity contribution < 1.29 is 13.6 Å². The van der Waals surface area contributed by atoms with Gasteiger partial charge in [-0.15, -0.1) is 11.3 Å². The number of thiazole rings is 1. The minimum absolute atomic E-state index is 0.152. The Kier molecular flexibility index (Phi) is 4.63. The van der Waals surface area contributed by atoms with E-state index in [1.807, 2.05) is 32.0 Å². The summed E-state index contributed by atoms with van der Waals surface area (Å²) < 4.78 is 27.9. The molecule has 0 fully saturated rings. The largest absolute Gasteiger partial charge is 0.321 e. The van der Waals surface area contributed by atoms with E-state index in [4.69, 9.17) is 0 Å². The van der Waals surface area contributed by atoms with Crippen LogP contribution in [-0.2, 0) is 0 Å². The van der Waals surface area contributed by atoms with Gasteiger partial charge in [-0.25, -0.2) is 13.8 Å². The van der Waals surface area contributed by atoms with Crippen molar-refractivity contribution in [3.8, 4) is 10.6 Å². The number of carbonyl (C=O) groups excluding carboxylic acids is 1. The second kappa shape index (κ2) is 6.72. The van der Waals surface area contributed by atoms with Gasteiger partial charge in [0.15, 0.2) is 0 Å². The number of aryl methyl sites for hydroxylation is 3. The van der Waals surface area contributed by atoms with Gasteiger partial charge in [0, 0.05) is 5.69 Å². The lowest BCUT2D eigenvalue weighted by molar-refractivity contribution is 0.102. The maximum Gasteiger partial charge on any atom is 0.267 e. The number of nitrogens with zero attached hydrogens (tertiary/aromatic N) is 1. The highest BCUT2D eigenvalue weighted by Gasteiger charge is 2.21. The summed E-state index contributed by atoms with van der Waals surface area (Å²) in [4.78, 5) is 17.1. The van der Waals surface area contributed by atoms with Crippen LogP contribution >= 0.6 is 11.3 Å². The van der Waals surface area contributed by atoms with Gasteiger partial charge in [-0.1, -0.05) is 18.2 Å². The van der Waals surface area contributed by atoms with Gasteiger partial charge in [-0.05, 0) is 50.1 Å². The van der Waals surface area contributed by atoms with E-state index in [0.717, 1.165) is 22.5 Å². The standard InChI is InChI=1S/C19H16F2N2OS/c1-10-7-8-11(2)15(9-10)23-18(24)17-12(3)22-19(25-17)16-13(20)5-4-6-14(16)21/h4-9H,1-3H3,(H,23,24). The molecule has 0 unspecified atom stereocenters. The molecule has 0 bridgehead atoms. The fraction of sp³-hybridized carbons (Fsp3) is 0.158. The summed E-state index contributed by atoms with van der Waals surface area (Å²) in [5.41, 5.74) is 2.89. The van der Waals surface area contributed by atoms with E-state index >= 15 is 0 Å². The van der Waals surface area contributed by atoms with Crippen molar-refractivity contribution in [3.63, 3.8) is 0 Å². The first-order valence-corrected chi connectivity index (χ1v) is 8.49. The molecule has 0 spiro atoms. The van der Waals surface area contributed by atoms with Gasteiger partial charge in [0.2, 0.25) is 0 Å². The molecule has 0 aliphatic rings. The summed E-state index contributed by atoms with van der Waals surface area (Å²) in [6.45, 7) is 5.48. The molecule has 1 heterocycles. The van der Waals surface area contributed by atoms with Crippen molar-refractivity contribution >= 4 is 22.9 Å². The highest BCUT2D eigenvalue weighted by atomic mass is 32.1. The van der Waals surface area contributed by atoms with Crippen LogP contribution in [0.2, 0.25) is 0 Å². The minimum atomic E-state index is -0.699. The van der Waals surface area contributed by atoms with E-state index in [2.05, 4.69) is 10.3 Å². The molecule has 6 heteroatoms. The van der Waals surface area contributed by atoms with Crippen molar-refractivity contribution in [1.82, 2.24) is 4.98 Å². The molecule has 0 radical (unpaired) electrons. The molecule has 1 N–H and O–H groups in total. The number of halogens is 2. The molecule has 25 heavy (non-hydrogen) atoms. The van der Waals surface area contributed by atoms with E-state index in [1.165, 1.54) is 18.2 Å². The van der Waals surface area contributed by atoms with Crippen molar-refractivity contribution in [3.05, 3.63) is 69.7 Å². The monoisotopic (exact) mass is 358 g/mol. The van der Waals surface area contributed by atoms with Gasteiger partial charge in [0.05, 0.1) is 11.3 Å². The van der Waals surface area contributed by atoms with E-state index < -0.39 is 11.6 Å². The summed E-state index contributed by atoms with van der Waals surface area (Å²) in [7, 11) is 0. The first kappa shape index (κ1) is 17.2. The van der Waals surface area contributed by atoms with Crippen LogP contribution in [0.4, 0.5) is 14.5 Å². The number of anilines is 1. The Morgan fingerprint density at radius 3 is 2.44 bits per heavy atom. The molecule has 1 amide bonds. The Hall–Kier alpha value is -2.60. The molecule has 0 atom stereocenters. The van der Waals surface area contributed by atoms with E-state index in [0.29, 0.717) is 16.3 Å². The molecule has 3 nitrogen and oxygen atoms in total. The summed E-state index contributed by atoms with van der Waals surface area (Å²) in [6.07, 6.45) is 0. The zero-order valence-electron chi connectivity index (χ0n) is 14.0. The predicted molar refractivity (Wildman–Crippen MR) is 96.1 cm³/mol. The Bertz CT molecular complexity index is 946. The Labute approximate surface area is 148 Å². The maximum atomic E-state index is 13.9. The van der Waals surface area contributed by atoms with Crippen molar-refractivity contribution in [2.75, 3.05) is 5.32 Å². The van der Waals surface area contributed by atoms with Gasteiger partial charge in [-0.2, -0.15) is 0 Å². The van der Waals surface area contributed by atoms with Crippen LogP contribution in [0.25, 0.3) is 10.6 Å². The zero-order valence-corrected chi connectivity index (χ0v) is 14.8. The lowest BCUT2D eigenvalue weighted by Gasteiger charge is -2.08. The summed E-state index contributed by atoms with van der Waals surface area (Å²) >= 11 is 0.975. The van der Waals surface area contributed by atoms with Crippen LogP contribution in [0, 0.1) is 32.4 Å². The normalized spacial score (nSPS) is 10.8. The van der Waals surface area contributed by atoms with Crippen LogP contribution in [0.3, 0.4) is 0 Å². The fourth-order valence-electron chi connectivity index (χ4n) is 2.47. The quantitative estimate of drug-likeness (QED) is 0.693. The number of hydrogen-bond acceptors (Lipinski definition) is 3. The third kappa shape index (κ3) is 3.44. The predicted octanol–water partition coefficient (Wildman–Crippen LogP) is 5.27. The van der Waals surface area contributed by atoms with Crippen LogP contribution in [0.1, 0.15) is 26.5 Å². The molecule has 0 saturated heterocycles. The molecular formula is C19H16F2N2OS. The van der Waals surface area contributed by atoms with Gasteiger partial charge in [0.1, 0.15) is 21.5 Å². The van der Waals surface area contributed by atoms with Gasteiger partial charge < -0.3 is 5.32 Å². The lowest BCUT2D eigenvalue weighted by atomic mass is 10.1. The topological polar surface area (TPSA) is 42.0 Å². The average Bonchev–Trinajstić information content (AvgIpc) is 2.92. The third-order valence-corrected chi connectivity index (χ3v) is 4.99. The summed E-state index contributed by atoms with van der Waals surface area (Å²) in [5, 5.41) is 3.00.